The topological polar surface area (TPSA) is 35.2 Å². The maximum absolute atomic E-state index is 5.54. The van der Waals surface area contributed by atoms with E-state index in [1.54, 1.807) is 0 Å². The number of rotatable bonds is 5. The molecule has 0 saturated heterocycles. The van der Waals surface area contributed by atoms with E-state index in [-0.39, 0.29) is 0 Å². The van der Waals surface area contributed by atoms with Crippen molar-refractivity contribution < 1.29 is 4.74 Å². The number of halogens is 1. The Morgan fingerprint density at radius 1 is 1.47 bits per heavy atom. The highest BCUT2D eigenvalue weighted by atomic mass is 79.9. The number of hydrogen-bond acceptors (Lipinski definition) is 2. The molecular formula is C12H16BrNO. The number of benzene rings is 1. The average molecular weight is 270 g/mol. The third kappa shape index (κ3) is 4.06. The van der Waals surface area contributed by atoms with Gasteiger partial charge in [0, 0.05) is 4.47 Å². The normalized spacial score (nSPS) is 10.9. The Labute approximate surface area is 99.3 Å². The molecule has 0 aromatic heterocycles. The Balaban J connectivity index is 2.69. The van der Waals surface area contributed by atoms with E-state index in [1.165, 1.54) is 5.56 Å². The van der Waals surface area contributed by atoms with Crippen molar-refractivity contribution in [2.24, 2.45) is 5.73 Å². The molecule has 1 aromatic rings. The summed E-state index contributed by atoms with van der Waals surface area (Å²) in [6.45, 7) is 3.24. The van der Waals surface area contributed by atoms with Gasteiger partial charge in [-0.15, -0.1) is 0 Å². The van der Waals surface area contributed by atoms with E-state index in [9.17, 15) is 0 Å². The molecule has 0 bridgehead atoms. The van der Waals surface area contributed by atoms with E-state index in [0.29, 0.717) is 13.2 Å². The van der Waals surface area contributed by atoms with Gasteiger partial charge >= 0.3 is 0 Å². The molecule has 1 rings (SSSR count). The highest BCUT2D eigenvalue weighted by molar-refractivity contribution is 9.10. The minimum absolute atomic E-state index is 0.611. The van der Waals surface area contributed by atoms with Crippen molar-refractivity contribution in [3.63, 3.8) is 0 Å². The van der Waals surface area contributed by atoms with Crippen LogP contribution in [0.2, 0.25) is 0 Å². The van der Waals surface area contributed by atoms with Crippen LogP contribution in [0.4, 0.5) is 0 Å². The van der Waals surface area contributed by atoms with Gasteiger partial charge in [-0.25, -0.2) is 0 Å². The lowest BCUT2D eigenvalue weighted by Crippen LogP contribution is -2.03. The van der Waals surface area contributed by atoms with Crippen molar-refractivity contribution in [2.45, 2.75) is 13.3 Å². The molecule has 0 atom stereocenters. The zero-order valence-corrected chi connectivity index (χ0v) is 10.5. The molecule has 0 aliphatic heterocycles. The smallest absolute Gasteiger partial charge is 0.120 e. The second-order valence-corrected chi connectivity index (χ2v) is 4.03. The van der Waals surface area contributed by atoms with Crippen LogP contribution in [-0.4, -0.2) is 13.2 Å². The molecule has 82 valence electrons. The van der Waals surface area contributed by atoms with Crippen LogP contribution in [0.15, 0.2) is 34.8 Å². The van der Waals surface area contributed by atoms with Crippen LogP contribution in [0.25, 0.3) is 0 Å². The minimum Gasteiger partial charge on any atom is -0.490 e. The Hall–Kier alpha value is -0.800. The van der Waals surface area contributed by atoms with Crippen LogP contribution >= 0.6 is 15.9 Å². The highest BCUT2D eigenvalue weighted by Crippen LogP contribution is 2.22. The van der Waals surface area contributed by atoms with Gasteiger partial charge in [0.25, 0.3) is 0 Å². The van der Waals surface area contributed by atoms with Gasteiger partial charge in [0.15, 0.2) is 0 Å². The van der Waals surface area contributed by atoms with Crippen molar-refractivity contribution in [3.8, 4) is 5.75 Å². The van der Waals surface area contributed by atoms with Crippen molar-refractivity contribution >= 4 is 15.9 Å². The average Bonchev–Trinajstić information content (AvgIpc) is 2.23. The van der Waals surface area contributed by atoms with Crippen LogP contribution in [-0.2, 0) is 6.42 Å². The van der Waals surface area contributed by atoms with E-state index < -0.39 is 0 Å². The Morgan fingerprint density at radius 2 is 2.27 bits per heavy atom. The summed E-state index contributed by atoms with van der Waals surface area (Å²) in [6.07, 6.45) is 4.81. The summed E-state index contributed by atoms with van der Waals surface area (Å²) >= 11 is 3.49. The summed E-state index contributed by atoms with van der Waals surface area (Å²) in [5.74, 6) is 0.889. The van der Waals surface area contributed by atoms with Gasteiger partial charge in [-0.2, -0.15) is 0 Å². The largest absolute Gasteiger partial charge is 0.490 e. The van der Waals surface area contributed by atoms with Crippen LogP contribution in [0.1, 0.15) is 12.5 Å². The molecule has 0 aliphatic rings. The second kappa shape index (κ2) is 6.64. The van der Waals surface area contributed by atoms with Gasteiger partial charge in [-0.3, -0.25) is 0 Å². The van der Waals surface area contributed by atoms with Gasteiger partial charge in [-0.05, 0) is 43.7 Å². The van der Waals surface area contributed by atoms with Crippen molar-refractivity contribution in [1.82, 2.24) is 0 Å². The summed E-state index contributed by atoms with van der Waals surface area (Å²) in [4.78, 5) is 0. The fraction of sp³-hybridized carbons (Fsp3) is 0.333. The van der Waals surface area contributed by atoms with E-state index in [1.807, 2.05) is 37.3 Å². The van der Waals surface area contributed by atoms with E-state index in [4.69, 9.17) is 10.5 Å². The predicted octanol–water partition coefficient (Wildman–Crippen LogP) is 2.91. The Bertz CT molecular complexity index is 336. The van der Waals surface area contributed by atoms with Crippen molar-refractivity contribution in [2.75, 3.05) is 13.2 Å². The summed E-state index contributed by atoms with van der Waals surface area (Å²) < 4.78 is 6.63. The summed E-state index contributed by atoms with van der Waals surface area (Å²) in [7, 11) is 0. The first kappa shape index (κ1) is 12.3. The lowest BCUT2D eigenvalue weighted by atomic mass is 10.1. The molecule has 1 aromatic carbocycles. The Morgan fingerprint density at radius 3 is 2.93 bits per heavy atom. The van der Waals surface area contributed by atoms with Crippen LogP contribution in [0, 0.1) is 0 Å². The molecule has 0 aliphatic carbocycles. The van der Waals surface area contributed by atoms with Crippen molar-refractivity contribution in [1.29, 1.82) is 0 Å². The van der Waals surface area contributed by atoms with Crippen LogP contribution in [0.3, 0.4) is 0 Å². The fourth-order valence-electron chi connectivity index (χ4n) is 1.23. The molecule has 2 nitrogen and oxygen atoms in total. The van der Waals surface area contributed by atoms with Gasteiger partial charge in [0.05, 0.1) is 0 Å². The molecular weight excluding hydrogens is 254 g/mol. The third-order valence-electron chi connectivity index (χ3n) is 2.01. The number of hydrogen-bond donors (Lipinski definition) is 1. The first-order valence-corrected chi connectivity index (χ1v) is 5.79. The first-order valence-electron chi connectivity index (χ1n) is 5.00. The highest BCUT2D eigenvalue weighted by Gasteiger charge is 2.01. The van der Waals surface area contributed by atoms with Crippen LogP contribution in [0.5, 0.6) is 5.75 Å². The lowest BCUT2D eigenvalue weighted by Gasteiger charge is -2.07. The molecule has 0 spiro atoms. The van der Waals surface area contributed by atoms with Gasteiger partial charge in [0.1, 0.15) is 12.4 Å². The molecule has 0 heterocycles. The zero-order valence-electron chi connectivity index (χ0n) is 8.87. The van der Waals surface area contributed by atoms with E-state index in [2.05, 4.69) is 15.9 Å². The van der Waals surface area contributed by atoms with Crippen LogP contribution < -0.4 is 10.5 Å². The monoisotopic (exact) mass is 269 g/mol. The molecule has 2 N–H and O–H groups in total. The molecule has 0 fully saturated rings. The maximum atomic E-state index is 5.54. The number of nitrogens with two attached hydrogens (primary N) is 1. The fourth-order valence-corrected chi connectivity index (χ4v) is 1.67. The summed E-state index contributed by atoms with van der Waals surface area (Å²) in [6, 6.07) is 5.98. The predicted molar refractivity (Wildman–Crippen MR) is 67.2 cm³/mol. The summed E-state index contributed by atoms with van der Waals surface area (Å²) in [5, 5.41) is 0. The van der Waals surface area contributed by atoms with E-state index in [0.717, 1.165) is 16.6 Å². The minimum atomic E-state index is 0.611. The summed E-state index contributed by atoms with van der Waals surface area (Å²) in [5.41, 5.74) is 6.72. The molecule has 0 radical (unpaired) electrons. The standard InChI is InChI=1S/C12H16BrNO/c1-2-3-8-15-11-4-5-12(13)10(9-11)6-7-14/h2-5,9H,6-8,14H2,1H3/b3-2+. The van der Waals surface area contributed by atoms with Gasteiger partial charge in [0.2, 0.25) is 0 Å². The quantitative estimate of drug-likeness (QED) is 0.835. The number of allylic oxidation sites excluding steroid dienone is 1. The molecule has 0 amide bonds. The van der Waals surface area contributed by atoms with Gasteiger partial charge < -0.3 is 10.5 Å². The van der Waals surface area contributed by atoms with Crippen molar-refractivity contribution in [3.05, 3.63) is 40.4 Å². The molecule has 3 heteroatoms. The molecule has 0 unspecified atom stereocenters. The van der Waals surface area contributed by atoms with Gasteiger partial charge in [-0.1, -0.05) is 28.1 Å². The Kier molecular flexibility index (Phi) is 5.43. The molecule has 0 saturated carbocycles. The third-order valence-corrected chi connectivity index (χ3v) is 2.79. The molecule has 15 heavy (non-hydrogen) atoms. The maximum Gasteiger partial charge on any atom is 0.120 e. The second-order valence-electron chi connectivity index (χ2n) is 3.17. The SMILES string of the molecule is C/C=C/COc1ccc(Br)c(CCN)c1. The first-order chi connectivity index (χ1) is 7.27. The zero-order chi connectivity index (χ0) is 11.1. The number of ether oxygens (including phenoxy) is 1. The lowest BCUT2D eigenvalue weighted by molar-refractivity contribution is 0.362. The van der Waals surface area contributed by atoms with E-state index >= 15 is 0 Å².